The van der Waals surface area contributed by atoms with Crippen LogP contribution in [0.3, 0.4) is 0 Å². The first-order valence-electron chi connectivity index (χ1n) is 10.2. The second-order valence-electron chi connectivity index (χ2n) is 8.73. The van der Waals surface area contributed by atoms with Gasteiger partial charge in [0, 0.05) is 19.0 Å². The van der Waals surface area contributed by atoms with E-state index in [2.05, 4.69) is 31.2 Å². The number of carbonyl (C=O) groups is 1. The number of hydrogen-bond donors (Lipinski definition) is 0. The van der Waals surface area contributed by atoms with E-state index in [1.54, 1.807) is 0 Å². The molecule has 4 aliphatic rings. The van der Waals surface area contributed by atoms with Crippen LogP contribution in [0.4, 0.5) is 0 Å². The maximum absolute atomic E-state index is 13.2. The van der Waals surface area contributed by atoms with Crippen LogP contribution in [0.1, 0.15) is 55.6 Å². The van der Waals surface area contributed by atoms with Crippen LogP contribution in [-0.2, 0) is 11.2 Å². The van der Waals surface area contributed by atoms with Crippen LogP contribution in [0.25, 0.3) is 0 Å². The van der Waals surface area contributed by atoms with Crippen molar-refractivity contribution in [2.75, 3.05) is 39.3 Å². The van der Waals surface area contributed by atoms with Gasteiger partial charge in [0.15, 0.2) is 0 Å². The van der Waals surface area contributed by atoms with E-state index in [1.165, 1.54) is 55.3 Å². The van der Waals surface area contributed by atoms with Crippen LogP contribution in [0.5, 0.6) is 0 Å². The summed E-state index contributed by atoms with van der Waals surface area (Å²) in [6.45, 7) is 8.71. The maximum Gasteiger partial charge on any atom is 0.237 e. The summed E-state index contributed by atoms with van der Waals surface area (Å²) in [6, 6.07) is 0.605. The molecule has 2 atom stereocenters. The van der Waals surface area contributed by atoms with Gasteiger partial charge in [-0.15, -0.1) is 5.10 Å². The van der Waals surface area contributed by atoms with E-state index in [4.69, 9.17) is 0 Å². The zero-order valence-electron chi connectivity index (χ0n) is 15.7. The lowest BCUT2D eigenvalue weighted by Crippen LogP contribution is -2.47. The van der Waals surface area contributed by atoms with Crippen LogP contribution >= 0.6 is 11.5 Å². The van der Waals surface area contributed by atoms with Gasteiger partial charge in [-0.25, -0.2) is 0 Å². The predicted molar refractivity (Wildman–Crippen MR) is 101 cm³/mol. The molecule has 0 N–H and O–H groups in total. The highest BCUT2D eigenvalue weighted by Crippen LogP contribution is 2.45. The lowest BCUT2D eigenvalue weighted by molar-refractivity contribution is -0.135. The summed E-state index contributed by atoms with van der Waals surface area (Å²) in [5.41, 5.74) is 1.62. The molecule has 5 rings (SSSR count). The standard InChI is InChI=1S/C19H29N5OS/c1-2-22-8-5-19(6-9-22)7-10-23(13-19)12-17(25)24-14-3-4-16(24)18-15(11-14)20-21-26-18/h14,16H,2-13H2,1H3/t14-,16-/m0/s1. The van der Waals surface area contributed by atoms with E-state index in [1.807, 2.05) is 0 Å². The summed E-state index contributed by atoms with van der Waals surface area (Å²) in [6.07, 6.45) is 6.99. The quantitative estimate of drug-likeness (QED) is 0.808. The van der Waals surface area contributed by atoms with Gasteiger partial charge in [-0.2, -0.15) is 0 Å². The van der Waals surface area contributed by atoms with Gasteiger partial charge in [-0.1, -0.05) is 11.4 Å². The van der Waals surface area contributed by atoms with Crippen molar-refractivity contribution in [3.63, 3.8) is 0 Å². The van der Waals surface area contributed by atoms with Crippen LogP contribution < -0.4 is 0 Å². The lowest BCUT2D eigenvalue weighted by atomic mass is 9.78. The molecule has 1 aromatic heterocycles. The van der Waals surface area contributed by atoms with Crippen LogP contribution in [0, 0.1) is 5.41 Å². The van der Waals surface area contributed by atoms with Crippen molar-refractivity contribution >= 4 is 17.4 Å². The molecule has 6 nitrogen and oxygen atoms in total. The Morgan fingerprint density at radius 3 is 2.73 bits per heavy atom. The molecule has 2 bridgehead atoms. The van der Waals surface area contributed by atoms with Gasteiger partial charge < -0.3 is 9.80 Å². The Morgan fingerprint density at radius 1 is 1.19 bits per heavy atom. The normalized spacial score (nSPS) is 30.9. The second-order valence-corrected chi connectivity index (χ2v) is 9.52. The third-order valence-corrected chi connectivity index (χ3v) is 8.22. The Kier molecular flexibility index (Phi) is 4.29. The molecular formula is C19H29N5OS. The number of rotatable bonds is 3. The Balaban J connectivity index is 1.22. The average molecular weight is 376 g/mol. The third-order valence-electron chi connectivity index (χ3n) is 7.35. The summed E-state index contributed by atoms with van der Waals surface area (Å²) in [7, 11) is 0. The van der Waals surface area contributed by atoms with Gasteiger partial charge in [0.2, 0.25) is 5.91 Å². The zero-order valence-corrected chi connectivity index (χ0v) is 16.5. The number of amides is 1. The highest BCUT2D eigenvalue weighted by molar-refractivity contribution is 7.05. The highest BCUT2D eigenvalue weighted by atomic mass is 32.1. The number of carbonyl (C=O) groups excluding carboxylic acids is 1. The van der Waals surface area contributed by atoms with E-state index >= 15 is 0 Å². The molecule has 1 aromatic rings. The average Bonchev–Trinajstić information content (AvgIpc) is 3.35. The Hall–Kier alpha value is -1.05. The minimum Gasteiger partial charge on any atom is -0.330 e. The van der Waals surface area contributed by atoms with E-state index in [0.29, 0.717) is 23.9 Å². The molecule has 5 heterocycles. The first kappa shape index (κ1) is 17.1. The maximum atomic E-state index is 13.2. The SMILES string of the molecule is CCN1CCC2(CC1)CCN(CC(=O)N1[C@H]3CC[C@H]1c1snnc1C3)C2. The minimum absolute atomic E-state index is 0.251. The molecule has 0 aromatic carbocycles. The smallest absolute Gasteiger partial charge is 0.237 e. The molecule has 142 valence electrons. The van der Waals surface area contributed by atoms with Crippen LogP contribution in [0.15, 0.2) is 0 Å². The van der Waals surface area contributed by atoms with Crippen LogP contribution in [-0.4, -0.2) is 75.5 Å². The molecule has 0 aliphatic carbocycles. The third kappa shape index (κ3) is 2.79. The van der Waals surface area contributed by atoms with Gasteiger partial charge in [0.05, 0.1) is 23.2 Å². The predicted octanol–water partition coefficient (Wildman–Crippen LogP) is 1.93. The summed E-state index contributed by atoms with van der Waals surface area (Å²) >= 11 is 1.50. The largest absolute Gasteiger partial charge is 0.330 e. The van der Waals surface area contributed by atoms with Gasteiger partial charge in [0.25, 0.3) is 0 Å². The molecule has 1 amide bonds. The van der Waals surface area contributed by atoms with Crippen LogP contribution in [0.2, 0.25) is 0 Å². The number of likely N-dealkylation sites (tertiary alicyclic amines) is 2. The fourth-order valence-electron chi connectivity index (χ4n) is 5.74. The molecule has 0 saturated carbocycles. The van der Waals surface area contributed by atoms with Crippen molar-refractivity contribution in [2.45, 2.75) is 57.5 Å². The number of hydrogen-bond acceptors (Lipinski definition) is 6. The summed E-state index contributed by atoms with van der Waals surface area (Å²) in [4.78, 5) is 21.6. The van der Waals surface area contributed by atoms with Gasteiger partial charge in [0.1, 0.15) is 0 Å². The van der Waals surface area contributed by atoms with E-state index in [0.717, 1.165) is 38.0 Å². The van der Waals surface area contributed by atoms with Crippen molar-refractivity contribution in [3.8, 4) is 0 Å². The monoisotopic (exact) mass is 375 g/mol. The number of aromatic nitrogens is 2. The molecule has 3 fully saturated rings. The van der Waals surface area contributed by atoms with Crippen molar-refractivity contribution in [3.05, 3.63) is 10.6 Å². The molecule has 7 heteroatoms. The summed E-state index contributed by atoms with van der Waals surface area (Å²) < 4.78 is 4.13. The fourth-order valence-corrected chi connectivity index (χ4v) is 6.55. The van der Waals surface area contributed by atoms with Gasteiger partial charge in [-0.3, -0.25) is 9.69 Å². The number of piperidine rings is 1. The van der Waals surface area contributed by atoms with Crippen molar-refractivity contribution in [1.82, 2.24) is 24.3 Å². The molecule has 4 aliphatic heterocycles. The Morgan fingerprint density at radius 2 is 1.96 bits per heavy atom. The molecule has 0 unspecified atom stereocenters. The molecule has 0 radical (unpaired) electrons. The van der Waals surface area contributed by atoms with E-state index in [9.17, 15) is 4.79 Å². The topological polar surface area (TPSA) is 52.6 Å². The summed E-state index contributed by atoms with van der Waals surface area (Å²) in [5.74, 6) is 0.333. The molecule has 26 heavy (non-hydrogen) atoms. The van der Waals surface area contributed by atoms with Gasteiger partial charge in [-0.05, 0) is 75.2 Å². The highest BCUT2D eigenvalue weighted by Gasteiger charge is 2.46. The van der Waals surface area contributed by atoms with Crippen molar-refractivity contribution in [1.29, 1.82) is 0 Å². The lowest BCUT2D eigenvalue weighted by Gasteiger charge is -2.39. The first-order chi connectivity index (χ1) is 12.7. The number of fused-ring (bicyclic) bond motifs is 4. The molecule has 3 saturated heterocycles. The second kappa shape index (κ2) is 6.53. The number of nitrogens with zero attached hydrogens (tertiary/aromatic N) is 5. The van der Waals surface area contributed by atoms with Gasteiger partial charge >= 0.3 is 0 Å². The Bertz CT molecular complexity index is 683. The zero-order chi connectivity index (χ0) is 17.7. The van der Waals surface area contributed by atoms with E-state index in [-0.39, 0.29) is 6.04 Å². The minimum atomic E-state index is 0.251. The molecular weight excluding hydrogens is 346 g/mol. The first-order valence-corrected chi connectivity index (χ1v) is 11.0. The van der Waals surface area contributed by atoms with E-state index < -0.39 is 0 Å². The fraction of sp³-hybridized carbons (Fsp3) is 0.842. The van der Waals surface area contributed by atoms with Crippen molar-refractivity contribution < 1.29 is 4.79 Å². The van der Waals surface area contributed by atoms with Crippen molar-refractivity contribution in [2.24, 2.45) is 5.41 Å². The molecule has 1 spiro atoms. The Labute approximate surface area is 159 Å². The summed E-state index contributed by atoms with van der Waals surface area (Å²) in [5, 5.41) is 4.28.